The quantitative estimate of drug-likeness (QED) is 0.611. The fourth-order valence-corrected chi connectivity index (χ4v) is 1.84. The molecule has 80 valence electrons. The molecular weight excluding hydrogens is 164 g/mol. The van der Waals surface area contributed by atoms with Crippen LogP contribution >= 0.6 is 0 Å². The van der Waals surface area contributed by atoms with Crippen LogP contribution < -0.4 is 0 Å². The van der Waals surface area contributed by atoms with E-state index in [4.69, 9.17) is 9.47 Å². The first kappa shape index (κ1) is 12.9. The molecule has 0 saturated heterocycles. The lowest BCUT2D eigenvalue weighted by molar-refractivity contribution is -0.0728. The van der Waals surface area contributed by atoms with Crippen LogP contribution in [0.4, 0.5) is 0 Å². The third-order valence-corrected chi connectivity index (χ3v) is 2.86. The minimum atomic E-state index is 0.0186. The first-order valence-electron chi connectivity index (χ1n) is 5.17. The van der Waals surface area contributed by atoms with E-state index in [0.29, 0.717) is 5.92 Å². The Bertz CT molecular complexity index is 123. The maximum absolute atomic E-state index is 5.66. The van der Waals surface area contributed by atoms with Crippen molar-refractivity contribution in [3.63, 3.8) is 0 Å². The first-order chi connectivity index (χ1) is 6.13. The average molecular weight is 188 g/mol. The summed E-state index contributed by atoms with van der Waals surface area (Å²) in [4.78, 5) is 0. The second-order valence-electron chi connectivity index (χ2n) is 3.92. The van der Waals surface area contributed by atoms with Crippen molar-refractivity contribution in [1.29, 1.82) is 0 Å². The van der Waals surface area contributed by atoms with Gasteiger partial charge in [-0.25, -0.2) is 0 Å². The van der Waals surface area contributed by atoms with Gasteiger partial charge in [0.05, 0.1) is 5.60 Å². The van der Waals surface area contributed by atoms with Crippen LogP contribution in [0.3, 0.4) is 0 Å². The standard InChI is InChI=1S/C11H24O2/c1-6-7-11(13-5,10(2)3)8-9-12-4/h10H,6-9H2,1-5H3. The fraction of sp³-hybridized carbons (Fsp3) is 1.00. The van der Waals surface area contributed by atoms with Gasteiger partial charge in [-0.3, -0.25) is 0 Å². The van der Waals surface area contributed by atoms with Crippen LogP contribution in [0.1, 0.15) is 40.0 Å². The summed E-state index contributed by atoms with van der Waals surface area (Å²) in [5, 5.41) is 0. The van der Waals surface area contributed by atoms with Crippen molar-refractivity contribution in [1.82, 2.24) is 0 Å². The SMILES string of the molecule is CCCC(CCOC)(OC)C(C)C. The maximum atomic E-state index is 5.66. The van der Waals surface area contributed by atoms with E-state index in [9.17, 15) is 0 Å². The molecule has 1 unspecified atom stereocenters. The van der Waals surface area contributed by atoms with Crippen molar-refractivity contribution < 1.29 is 9.47 Å². The van der Waals surface area contributed by atoms with Gasteiger partial charge in [-0.2, -0.15) is 0 Å². The Morgan fingerprint density at radius 1 is 1.15 bits per heavy atom. The molecule has 2 nitrogen and oxygen atoms in total. The third kappa shape index (κ3) is 3.65. The van der Waals surface area contributed by atoms with Gasteiger partial charge in [0.25, 0.3) is 0 Å². The van der Waals surface area contributed by atoms with E-state index in [2.05, 4.69) is 20.8 Å². The molecule has 0 amide bonds. The minimum absolute atomic E-state index is 0.0186. The molecule has 0 aliphatic carbocycles. The molecule has 0 aliphatic rings. The van der Waals surface area contributed by atoms with Crippen LogP contribution in [0, 0.1) is 5.92 Å². The molecule has 0 bridgehead atoms. The van der Waals surface area contributed by atoms with Gasteiger partial charge in [0, 0.05) is 20.8 Å². The molecule has 0 fully saturated rings. The van der Waals surface area contributed by atoms with Gasteiger partial charge < -0.3 is 9.47 Å². The summed E-state index contributed by atoms with van der Waals surface area (Å²) in [7, 11) is 3.55. The molecule has 0 N–H and O–H groups in total. The highest BCUT2D eigenvalue weighted by Crippen LogP contribution is 2.30. The largest absolute Gasteiger partial charge is 0.385 e. The Kier molecular flexibility index (Phi) is 6.35. The van der Waals surface area contributed by atoms with Gasteiger partial charge in [0.2, 0.25) is 0 Å². The van der Waals surface area contributed by atoms with E-state index in [1.54, 1.807) is 7.11 Å². The number of methoxy groups -OCH3 is 2. The van der Waals surface area contributed by atoms with Gasteiger partial charge in [-0.05, 0) is 18.8 Å². The summed E-state index contributed by atoms with van der Waals surface area (Å²) in [5.74, 6) is 0.549. The van der Waals surface area contributed by atoms with Crippen LogP contribution in [0.2, 0.25) is 0 Å². The Morgan fingerprint density at radius 3 is 2.08 bits per heavy atom. The summed E-state index contributed by atoms with van der Waals surface area (Å²) in [5.41, 5.74) is 0.0186. The molecule has 0 aromatic heterocycles. The molecule has 0 rings (SSSR count). The van der Waals surface area contributed by atoms with E-state index in [-0.39, 0.29) is 5.60 Å². The molecule has 1 atom stereocenters. The lowest BCUT2D eigenvalue weighted by Gasteiger charge is -2.36. The van der Waals surface area contributed by atoms with E-state index >= 15 is 0 Å². The van der Waals surface area contributed by atoms with Gasteiger partial charge in [-0.15, -0.1) is 0 Å². The van der Waals surface area contributed by atoms with Crippen molar-refractivity contribution in [2.45, 2.75) is 45.6 Å². The summed E-state index contributed by atoms with van der Waals surface area (Å²) < 4.78 is 10.8. The van der Waals surface area contributed by atoms with Crippen LogP contribution in [-0.4, -0.2) is 26.4 Å². The number of ether oxygens (including phenoxy) is 2. The third-order valence-electron chi connectivity index (χ3n) is 2.86. The zero-order valence-corrected chi connectivity index (χ0v) is 9.72. The number of rotatable bonds is 7. The summed E-state index contributed by atoms with van der Waals surface area (Å²) in [6.45, 7) is 7.42. The molecule has 0 aromatic carbocycles. The van der Waals surface area contributed by atoms with Gasteiger partial charge >= 0.3 is 0 Å². The first-order valence-corrected chi connectivity index (χ1v) is 5.17. The molecule has 0 heterocycles. The van der Waals surface area contributed by atoms with Crippen molar-refractivity contribution >= 4 is 0 Å². The molecular formula is C11H24O2. The molecule has 0 aliphatic heterocycles. The minimum Gasteiger partial charge on any atom is -0.385 e. The highest BCUT2D eigenvalue weighted by Gasteiger charge is 2.32. The summed E-state index contributed by atoms with van der Waals surface area (Å²) in [6.07, 6.45) is 3.27. The smallest absolute Gasteiger partial charge is 0.0723 e. The monoisotopic (exact) mass is 188 g/mol. The van der Waals surface area contributed by atoms with Crippen LogP contribution in [-0.2, 0) is 9.47 Å². The number of hydrogen-bond donors (Lipinski definition) is 0. The van der Waals surface area contributed by atoms with Crippen molar-refractivity contribution in [3.05, 3.63) is 0 Å². The second kappa shape index (κ2) is 6.39. The van der Waals surface area contributed by atoms with E-state index in [0.717, 1.165) is 25.9 Å². The average Bonchev–Trinajstić information content (AvgIpc) is 2.12. The summed E-state index contributed by atoms with van der Waals surface area (Å²) >= 11 is 0. The topological polar surface area (TPSA) is 18.5 Å². The second-order valence-corrected chi connectivity index (χ2v) is 3.92. The predicted molar refractivity (Wildman–Crippen MR) is 56.0 cm³/mol. The summed E-state index contributed by atoms with van der Waals surface area (Å²) in [6, 6.07) is 0. The maximum Gasteiger partial charge on any atom is 0.0723 e. The van der Waals surface area contributed by atoms with Crippen LogP contribution in [0.5, 0.6) is 0 Å². The van der Waals surface area contributed by atoms with Crippen molar-refractivity contribution in [3.8, 4) is 0 Å². The Labute approximate surface area is 82.6 Å². The van der Waals surface area contributed by atoms with Crippen molar-refractivity contribution in [2.75, 3.05) is 20.8 Å². The highest BCUT2D eigenvalue weighted by atomic mass is 16.5. The van der Waals surface area contributed by atoms with Crippen LogP contribution in [0.15, 0.2) is 0 Å². The zero-order valence-electron chi connectivity index (χ0n) is 9.72. The van der Waals surface area contributed by atoms with Gasteiger partial charge in [0.15, 0.2) is 0 Å². The molecule has 0 aromatic rings. The normalized spacial score (nSPS) is 16.2. The molecule has 2 heteroatoms. The molecule has 13 heavy (non-hydrogen) atoms. The Morgan fingerprint density at radius 2 is 1.77 bits per heavy atom. The number of hydrogen-bond acceptors (Lipinski definition) is 2. The molecule has 0 saturated carbocycles. The van der Waals surface area contributed by atoms with E-state index < -0.39 is 0 Å². The van der Waals surface area contributed by atoms with Crippen molar-refractivity contribution in [2.24, 2.45) is 5.92 Å². The van der Waals surface area contributed by atoms with Gasteiger partial charge in [0.1, 0.15) is 0 Å². The molecule has 0 spiro atoms. The van der Waals surface area contributed by atoms with Crippen LogP contribution in [0.25, 0.3) is 0 Å². The highest BCUT2D eigenvalue weighted by molar-refractivity contribution is 4.83. The molecule has 0 radical (unpaired) electrons. The lowest BCUT2D eigenvalue weighted by Crippen LogP contribution is -2.38. The Hall–Kier alpha value is -0.0800. The fourth-order valence-electron chi connectivity index (χ4n) is 1.84. The predicted octanol–water partition coefficient (Wildman–Crippen LogP) is 2.86. The van der Waals surface area contributed by atoms with Gasteiger partial charge in [-0.1, -0.05) is 27.2 Å². The van der Waals surface area contributed by atoms with E-state index in [1.807, 2.05) is 7.11 Å². The zero-order chi connectivity index (χ0) is 10.3. The Balaban J connectivity index is 4.26. The lowest BCUT2D eigenvalue weighted by atomic mass is 9.83. The van der Waals surface area contributed by atoms with E-state index in [1.165, 1.54) is 0 Å².